The van der Waals surface area contributed by atoms with E-state index >= 15 is 0 Å². The third-order valence-corrected chi connectivity index (χ3v) is 4.75. The molecule has 0 bridgehead atoms. The van der Waals surface area contributed by atoms with Crippen LogP contribution in [0, 0.1) is 0 Å². The van der Waals surface area contributed by atoms with Crippen LogP contribution in [0.25, 0.3) is 10.2 Å². The van der Waals surface area contributed by atoms with Gasteiger partial charge in [-0.1, -0.05) is 24.3 Å². The smallest absolute Gasteiger partial charge is 0.256 e. The molecule has 1 aromatic heterocycles. The first-order valence-electron chi connectivity index (χ1n) is 7.50. The largest absolute Gasteiger partial charge is 0.497 e. The molecule has 3 aromatic rings. The maximum atomic E-state index is 12.5. The Labute approximate surface area is 144 Å². The van der Waals surface area contributed by atoms with Gasteiger partial charge in [-0.3, -0.25) is 4.79 Å². The lowest BCUT2D eigenvalue weighted by Gasteiger charge is -2.20. The fraction of sp³-hybridized carbons (Fsp3) is 0.222. The molecule has 0 aliphatic rings. The molecule has 0 radical (unpaired) electrons. The van der Waals surface area contributed by atoms with Crippen molar-refractivity contribution >= 4 is 27.5 Å². The number of benzene rings is 2. The van der Waals surface area contributed by atoms with Gasteiger partial charge in [-0.25, -0.2) is 4.98 Å². The second-order valence-corrected chi connectivity index (χ2v) is 6.56. The lowest BCUT2D eigenvalue weighted by Crippen LogP contribution is -2.31. The number of carbonyl (C=O) groups is 1. The van der Waals surface area contributed by atoms with E-state index in [-0.39, 0.29) is 5.91 Å². The number of hydrogen-bond donors (Lipinski definition) is 1. The first-order valence-corrected chi connectivity index (χ1v) is 8.31. The summed E-state index contributed by atoms with van der Waals surface area (Å²) in [5, 5.41) is 11.2. The summed E-state index contributed by atoms with van der Waals surface area (Å²) in [7, 11) is 3.21. The number of carbonyl (C=O) groups excluding carboxylic acids is 1. The number of fused-ring (bicyclic) bond motifs is 1. The number of methoxy groups -OCH3 is 1. The number of aromatic nitrogens is 1. The molecule has 0 aliphatic heterocycles. The Balaban J connectivity index is 1.73. The van der Waals surface area contributed by atoms with Gasteiger partial charge in [0.1, 0.15) is 10.8 Å². The van der Waals surface area contributed by atoms with E-state index in [1.54, 1.807) is 49.8 Å². The van der Waals surface area contributed by atoms with Gasteiger partial charge >= 0.3 is 0 Å². The van der Waals surface area contributed by atoms with Crippen molar-refractivity contribution in [2.45, 2.75) is 12.6 Å². The Bertz CT molecular complexity index is 829. The van der Waals surface area contributed by atoms with Gasteiger partial charge in [0.25, 0.3) is 5.91 Å². The van der Waals surface area contributed by atoms with Crippen LogP contribution in [0.5, 0.6) is 5.75 Å². The molecule has 0 fully saturated rings. The van der Waals surface area contributed by atoms with Crippen LogP contribution in [-0.2, 0) is 11.3 Å². The number of thiazole rings is 1. The quantitative estimate of drug-likeness (QED) is 0.774. The minimum atomic E-state index is -1.22. The van der Waals surface area contributed by atoms with Gasteiger partial charge in [-0.2, -0.15) is 0 Å². The second-order valence-electron chi connectivity index (χ2n) is 5.45. The summed E-state index contributed by atoms with van der Waals surface area (Å²) in [4.78, 5) is 18.5. The lowest BCUT2D eigenvalue weighted by atomic mass is 10.1. The molecule has 1 N–H and O–H groups in total. The van der Waals surface area contributed by atoms with Crippen LogP contribution < -0.4 is 4.74 Å². The number of aliphatic hydroxyl groups is 1. The Kier molecular flexibility index (Phi) is 4.78. The van der Waals surface area contributed by atoms with Crippen LogP contribution in [0.2, 0.25) is 0 Å². The van der Waals surface area contributed by atoms with Crippen molar-refractivity contribution in [1.82, 2.24) is 9.88 Å². The van der Waals surface area contributed by atoms with E-state index in [2.05, 4.69) is 4.98 Å². The number of ether oxygens (including phenoxy) is 1. The Hall–Kier alpha value is -2.44. The highest BCUT2D eigenvalue weighted by Gasteiger charge is 2.22. The maximum absolute atomic E-state index is 12.5. The normalized spacial score (nSPS) is 12.1. The number of likely N-dealkylation sites (N-methyl/N-ethyl adjacent to an activating group) is 1. The number of aliphatic hydroxyl groups excluding tert-OH is 1. The zero-order chi connectivity index (χ0) is 17.1. The summed E-state index contributed by atoms with van der Waals surface area (Å²) in [6, 6.07) is 14.7. The van der Waals surface area contributed by atoms with E-state index in [9.17, 15) is 9.90 Å². The van der Waals surface area contributed by atoms with Crippen molar-refractivity contribution in [2.24, 2.45) is 0 Å². The van der Waals surface area contributed by atoms with Gasteiger partial charge in [0.05, 0.1) is 23.9 Å². The predicted molar refractivity (Wildman–Crippen MR) is 94.0 cm³/mol. The molecule has 5 nitrogen and oxygen atoms in total. The monoisotopic (exact) mass is 342 g/mol. The first-order chi connectivity index (χ1) is 11.6. The third-order valence-electron chi connectivity index (χ3n) is 3.73. The lowest BCUT2D eigenvalue weighted by molar-refractivity contribution is -0.139. The molecular weight excluding hydrogens is 324 g/mol. The summed E-state index contributed by atoms with van der Waals surface area (Å²) in [5.74, 6) is 0.232. The molecule has 1 amide bonds. The van der Waals surface area contributed by atoms with Crippen molar-refractivity contribution in [2.75, 3.05) is 14.2 Å². The molecule has 1 unspecified atom stereocenters. The number of rotatable bonds is 5. The zero-order valence-electron chi connectivity index (χ0n) is 13.5. The molecule has 2 aromatic carbocycles. The third kappa shape index (κ3) is 3.39. The van der Waals surface area contributed by atoms with Crippen molar-refractivity contribution < 1.29 is 14.6 Å². The van der Waals surface area contributed by atoms with Gasteiger partial charge in [0, 0.05) is 7.05 Å². The topological polar surface area (TPSA) is 62.7 Å². The highest BCUT2D eigenvalue weighted by atomic mass is 32.1. The van der Waals surface area contributed by atoms with Gasteiger partial charge in [0.2, 0.25) is 0 Å². The molecule has 0 saturated carbocycles. The fourth-order valence-electron chi connectivity index (χ4n) is 2.43. The van der Waals surface area contributed by atoms with Crippen molar-refractivity contribution in [3.8, 4) is 5.75 Å². The summed E-state index contributed by atoms with van der Waals surface area (Å²) in [6.07, 6.45) is -1.22. The Morgan fingerprint density at radius 2 is 2.08 bits per heavy atom. The number of amides is 1. The maximum Gasteiger partial charge on any atom is 0.256 e. The Morgan fingerprint density at radius 3 is 2.83 bits per heavy atom. The van der Waals surface area contributed by atoms with E-state index in [4.69, 9.17) is 4.74 Å². The van der Waals surface area contributed by atoms with Crippen LogP contribution in [-0.4, -0.2) is 35.1 Å². The van der Waals surface area contributed by atoms with Crippen LogP contribution >= 0.6 is 11.3 Å². The summed E-state index contributed by atoms with van der Waals surface area (Å²) < 4.78 is 6.22. The Morgan fingerprint density at radius 1 is 1.29 bits per heavy atom. The average molecular weight is 342 g/mol. The molecule has 24 heavy (non-hydrogen) atoms. The zero-order valence-corrected chi connectivity index (χ0v) is 14.3. The molecule has 6 heteroatoms. The van der Waals surface area contributed by atoms with Crippen molar-refractivity contribution in [3.63, 3.8) is 0 Å². The van der Waals surface area contributed by atoms with E-state index in [1.165, 1.54) is 4.90 Å². The SMILES string of the molecule is COc1cccc(C(O)C(=O)N(C)Cc2nc3ccccc3s2)c1. The molecule has 1 atom stereocenters. The molecule has 0 saturated heterocycles. The van der Waals surface area contributed by atoms with Gasteiger partial charge in [-0.05, 0) is 29.8 Å². The highest BCUT2D eigenvalue weighted by Crippen LogP contribution is 2.24. The molecule has 0 aliphatic carbocycles. The van der Waals surface area contributed by atoms with Crippen LogP contribution in [0.1, 0.15) is 16.7 Å². The second kappa shape index (κ2) is 6.98. The van der Waals surface area contributed by atoms with Crippen LogP contribution in [0.4, 0.5) is 0 Å². The minimum absolute atomic E-state index is 0.360. The summed E-state index contributed by atoms with van der Waals surface area (Å²) >= 11 is 1.55. The standard InChI is InChI=1S/C18H18N2O3S/c1-20(11-16-19-14-8-3-4-9-15(14)24-16)18(22)17(21)12-6-5-7-13(10-12)23-2/h3-10,17,21H,11H2,1-2H3. The van der Waals surface area contributed by atoms with E-state index in [0.29, 0.717) is 17.9 Å². The predicted octanol–water partition coefficient (Wildman–Crippen LogP) is 3.00. The minimum Gasteiger partial charge on any atom is -0.497 e. The van der Waals surface area contributed by atoms with E-state index in [0.717, 1.165) is 15.2 Å². The van der Waals surface area contributed by atoms with E-state index < -0.39 is 6.10 Å². The molecular formula is C18H18N2O3S. The molecule has 0 spiro atoms. The molecule has 3 rings (SSSR count). The molecule has 1 heterocycles. The summed E-state index contributed by atoms with van der Waals surface area (Å²) in [5.41, 5.74) is 1.43. The van der Waals surface area contributed by atoms with Gasteiger partial charge in [-0.15, -0.1) is 11.3 Å². The van der Waals surface area contributed by atoms with Gasteiger partial charge in [0.15, 0.2) is 6.10 Å². The van der Waals surface area contributed by atoms with Gasteiger partial charge < -0.3 is 14.7 Å². The highest BCUT2D eigenvalue weighted by molar-refractivity contribution is 7.18. The molecule has 124 valence electrons. The number of hydrogen-bond acceptors (Lipinski definition) is 5. The van der Waals surface area contributed by atoms with E-state index in [1.807, 2.05) is 24.3 Å². The van der Waals surface area contributed by atoms with Crippen molar-refractivity contribution in [3.05, 3.63) is 59.1 Å². The summed E-state index contributed by atoms with van der Waals surface area (Å²) in [6.45, 7) is 0.360. The van der Waals surface area contributed by atoms with Crippen LogP contribution in [0.15, 0.2) is 48.5 Å². The first kappa shape index (κ1) is 16.4. The number of nitrogens with zero attached hydrogens (tertiary/aromatic N) is 2. The number of para-hydroxylation sites is 1. The van der Waals surface area contributed by atoms with Crippen molar-refractivity contribution in [1.29, 1.82) is 0 Å². The van der Waals surface area contributed by atoms with Crippen LogP contribution in [0.3, 0.4) is 0 Å². The average Bonchev–Trinajstić information content (AvgIpc) is 3.02. The fourth-order valence-corrected chi connectivity index (χ4v) is 3.45.